The Balaban J connectivity index is 2.50. The first-order valence-corrected chi connectivity index (χ1v) is 5.79. The number of carbonyl (C=O) groups is 1. The molecular formula is C12H10FNO2S. The average molecular weight is 251 g/mol. The van der Waals surface area contributed by atoms with Crippen molar-refractivity contribution in [1.29, 1.82) is 0 Å². The molecule has 1 aromatic carbocycles. The van der Waals surface area contributed by atoms with Crippen molar-refractivity contribution in [2.24, 2.45) is 0 Å². The van der Waals surface area contributed by atoms with Crippen molar-refractivity contribution in [1.82, 2.24) is 0 Å². The highest BCUT2D eigenvalue weighted by molar-refractivity contribution is 7.10. The van der Waals surface area contributed by atoms with Crippen molar-refractivity contribution in [3.05, 3.63) is 40.3 Å². The van der Waals surface area contributed by atoms with E-state index in [9.17, 15) is 9.18 Å². The van der Waals surface area contributed by atoms with Crippen LogP contribution in [0.2, 0.25) is 0 Å². The second-order valence-corrected chi connectivity index (χ2v) is 4.68. The second-order valence-electron chi connectivity index (χ2n) is 3.57. The highest BCUT2D eigenvalue weighted by atomic mass is 32.1. The van der Waals surface area contributed by atoms with E-state index in [-0.39, 0.29) is 5.82 Å². The first kappa shape index (κ1) is 11.6. The third kappa shape index (κ3) is 2.62. The van der Waals surface area contributed by atoms with Gasteiger partial charge >= 0.3 is 6.09 Å². The normalized spacial score (nSPS) is 10.2. The summed E-state index contributed by atoms with van der Waals surface area (Å²) in [6, 6.07) is 5.87. The molecule has 0 bridgehead atoms. The predicted octanol–water partition coefficient (Wildman–Crippen LogP) is 3.95. The van der Waals surface area contributed by atoms with E-state index in [1.165, 1.54) is 29.5 Å². The minimum atomic E-state index is -1.16. The highest BCUT2D eigenvalue weighted by Crippen LogP contribution is 2.32. The largest absolute Gasteiger partial charge is 0.465 e. The summed E-state index contributed by atoms with van der Waals surface area (Å²) in [5, 5.41) is 12.8. The predicted molar refractivity (Wildman–Crippen MR) is 66.1 cm³/mol. The van der Waals surface area contributed by atoms with Gasteiger partial charge in [-0.25, -0.2) is 9.18 Å². The number of nitrogens with one attached hydrogen (secondary N) is 1. The Bertz CT molecular complexity index is 565. The lowest BCUT2D eigenvalue weighted by atomic mass is 10.1. The molecule has 0 spiro atoms. The van der Waals surface area contributed by atoms with Crippen LogP contribution in [0.25, 0.3) is 11.1 Å². The summed E-state index contributed by atoms with van der Waals surface area (Å²) in [6.07, 6.45) is -1.16. The third-order valence-electron chi connectivity index (χ3n) is 2.26. The van der Waals surface area contributed by atoms with Crippen molar-refractivity contribution in [2.45, 2.75) is 6.92 Å². The number of rotatable bonds is 2. The van der Waals surface area contributed by atoms with Gasteiger partial charge in [0.2, 0.25) is 0 Å². The van der Waals surface area contributed by atoms with Crippen molar-refractivity contribution in [2.75, 3.05) is 5.32 Å². The van der Waals surface area contributed by atoms with Crippen LogP contribution in [0.15, 0.2) is 29.6 Å². The van der Waals surface area contributed by atoms with Gasteiger partial charge in [0.1, 0.15) is 5.82 Å². The molecule has 2 aromatic rings. The zero-order valence-electron chi connectivity index (χ0n) is 9.03. The van der Waals surface area contributed by atoms with E-state index in [1.807, 2.05) is 18.4 Å². The van der Waals surface area contributed by atoms with E-state index >= 15 is 0 Å². The summed E-state index contributed by atoms with van der Waals surface area (Å²) in [6.45, 7) is 1.94. The summed E-state index contributed by atoms with van der Waals surface area (Å²) in [5.41, 5.74) is 1.75. The maximum atomic E-state index is 13.2. The van der Waals surface area contributed by atoms with Gasteiger partial charge in [0.05, 0.1) is 5.69 Å². The van der Waals surface area contributed by atoms with Gasteiger partial charge in [-0.15, -0.1) is 11.3 Å². The van der Waals surface area contributed by atoms with Gasteiger partial charge in [-0.2, -0.15) is 0 Å². The second kappa shape index (κ2) is 4.55. The summed E-state index contributed by atoms with van der Waals surface area (Å²) in [5.74, 6) is -0.389. The summed E-state index contributed by atoms with van der Waals surface area (Å²) in [7, 11) is 0. The minimum absolute atomic E-state index is 0.386. The average Bonchev–Trinajstić information content (AvgIpc) is 2.67. The standard InChI is InChI=1S/C12H10FNO2S/c1-7-4-8(6-17-7)10-5-9(13)2-3-11(10)14-12(15)16/h2-6,14H,1H3,(H,15,16). The van der Waals surface area contributed by atoms with Crippen LogP contribution in [-0.2, 0) is 0 Å². The number of aryl methyl sites for hydroxylation is 1. The Morgan fingerprint density at radius 3 is 2.76 bits per heavy atom. The Labute approximate surface area is 102 Å². The maximum Gasteiger partial charge on any atom is 0.409 e. The molecule has 1 aromatic heterocycles. The molecule has 17 heavy (non-hydrogen) atoms. The fourth-order valence-electron chi connectivity index (χ4n) is 1.56. The van der Waals surface area contributed by atoms with Gasteiger partial charge in [-0.3, -0.25) is 5.32 Å². The van der Waals surface area contributed by atoms with Crippen LogP contribution >= 0.6 is 11.3 Å². The van der Waals surface area contributed by atoms with Crippen LogP contribution in [-0.4, -0.2) is 11.2 Å². The van der Waals surface area contributed by atoms with Crippen LogP contribution in [0.3, 0.4) is 0 Å². The lowest BCUT2D eigenvalue weighted by Gasteiger charge is -2.07. The summed E-state index contributed by atoms with van der Waals surface area (Å²) >= 11 is 1.54. The van der Waals surface area contributed by atoms with Crippen LogP contribution in [0, 0.1) is 12.7 Å². The molecule has 1 heterocycles. The zero-order valence-corrected chi connectivity index (χ0v) is 9.84. The van der Waals surface area contributed by atoms with Crippen LogP contribution in [0.1, 0.15) is 4.88 Å². The van der Waals surface area contributed by atoms with E-state index in [2.05, 4.69) is 5.32 Å². The molecule has 0 saturated heterocycles. The Kier molecular flexibility index (Phi) is 3.10. The molecule has 0 unspecified atom stereocenters. The lowest BCUT2D eigenvalue weighted by molar-refractivity contribution is 0.210. The number of benzene rings is 1. The molecule has 3 nitrogen and oxygen atoms in total. The van der Waals surface area contributed by atoms with E-state index in [0.29, 0.717) is 11.3 Å². The number of hydrogen-bond acceptors (Lipinski definition) is 2. The molecule has 2 N–H and O–H groups in total. The molecule has 88 valence electrons. The Hall–Kier alpha value is -1.88. The number of anilines is 1. The number of amides is 1. The van der Waals surface area contributed by atoms with Crippen molar-refractivity contribution < 1.29 is 14.3 Å². The van der Waals surface area contributed by atoms with Crippen LogP contribution in [0.5, 0.6) is 0 Å². The number of carboxylic acid groups (broad SMARTS) is 1. The zero-order chi connectivity index (χ0) is 12.4. The molecular weight excluding hydrogens is 241 g/mol. The summed E-state index contributed by atoms with van der Waals surface area (Å²) in [4.78, 5) is 11.7. The van der Waals surface area contributed by atoms with Gasteiger partial charge in [-0.1, -0.05) is 0 Å². The molecule has 0 saturated carbocycles. The van der Waals surface area contributed by atoms with Crippen LogP contribution in [0.4, 0.5) is 14.9 Å². The first-order valence-electron chi connectivity index (χ1n) is 4.91. The third-order valence-corrected chi connectivity index (χ3v) is 3.13. The van der Waals surface area contributed by atoms with Crippen molar-refractivity contribution >= 4 is 23.1 Å². The Morgan fingerprint density at radius 1 is 1.41 bits per heavy atom. The molecule has 5 heteroatoms. The van der Waals surface area contributed by atoms with Gasteiger partial charge in [-0.05, 0) is 42.1 Å². The quantitative estimate of drug-likeness (QED) is 0.849. The molecule has 0 aliphatic carbocycles. The van der Waals surface area contributed by atoms with E-state index < -0.39 is 6.09 Å². The molecule has 0 atom stereocenters. The smallest absolute Gasteiger partial charge is 0.409 e. The Morgan fingerprint density at radius 2 is 2.18 bits per heavy atom. The monoisotopic (exact) mass is 251 g/mol. The van der Waals surface area contributed by atoms with E-state index in [0.717, 1.165) is 10.4 Å². The molecule has 2 rings (SSSR count). The van der Waals surface area contributed by atoms with Gasteiger partial charge in [0.25, 0.3) is 0 Å². The van der Waals surface area contributed by atoms with Crippen molar-refractivity contribution in [3.63, 3.8) is 0 Å². The highest BCUT2D eigenvalue weighted by Gasteiger charge is 2.10. The van der Waals surface area contributed by atoms with E-state index in [1.54, 1.807) is 0 Å². The topological polar surface area (TPSA) is 49.3 Å². The van der Waals surface area contributed by atoms with Gasteiger partial charge < -0.3 is 5.11 Å². The molecule has 0 aliphatic rings. The lowest BCUT2D eigenvalue weighted by Crippen LogP contribution is -2.08. The van der Waals surface area contributed by atoms with Gasteiger partial charge in [0, 0.05) is 10.4 Å². The molecule has 0 fully saturated rings. The molecule has 1 amide bonds. The number of halogens is 1. The number of hydrogen-bond donors (Lipinski definition) is 2. The van der Waals surface area contributed by atoms with Crippen LogP contribution < -0.4 is 5.32 Å². The van der Waals surface area contributed by atoms with Gasteiger partial charge in [0.15, 0.2) is 0 Å². The fourth-order valence-corrected chi connectivity index (χ4v) is 2.27. The van der Waals surface area contributed by atoms with Crippen molar-refractivity contribution in [3.8, 4) is 11.1 Å². The maximum absolute atomic E-state index is 13.2. The molecule has 0 aliphatic heterocycles. The van der Waals surface area contributed by atoms with E-state index in [4.69, 9.17) is 5.11 Å². The number of thiophene rings is 1. The SMILES string of the molecule is Cc1cc(-c2cc(F)ccc2NC(=O)O)cs1. The fraction of sp³-hybridized carbons (Fsp3) is 0.0833. The minimum Gasteiger partial charge on any atom is -0.465 e. The molecule has 0 radical (unpaired) electrons. The first-order chi connectivity index (χ1) is 8.06. The summed E-state index contributed by atoms with van der Waals surface area (Å²) < 4.78 is 13.2.